The minimum absolute atomic E-state index is 0.00870. The van der Waals surface area contributed by atoms with Crippen molar-refractivity contribution in [1.29, 1.82) is 0 Å². The molecule has 0 saturated carbocycles. The van der Waals surface area contributed by atoms with Crippen LogP contribution in [0.5, 0.6) is 0 Å². The van der Waals surface area contributed by atoms with E-state index in [0.717, 1.165) is 5.56 Å². The molecule has 2 aromatic carbocycles. The number of carbonyl (C=O) groups excluding carboxylic acids is 1. The highest BCUT2D eigenvalue weighted by molar-refractivity contribution is 6.30. The van der Waals surface area contributed by atoms with Crippen LogP contribution in [0.25, 0.3) is 16.7 Å². The van der Waals surface area contributed by atoms with Gasteiger partial charge in [0.1, 0.15) is 17.0 Å². The maximum atomic E-state index is 13.7. The summed E-state index contributed by atoms with van der Waals surface area (Å²) in [5.41, 5.74) is -1.51. The topological polar surface area (TPSA) is 46.5 Å². The summed E-state index contributed by atoms with van der Waals surface area (Å²) in [4.78, 5) is 13.0. The SMILES string of the molecule is CC1(C)OC(C)(C)C(O)=C(c2cc(-c3ccc(Cl)cc3)ccc2C(F)F)C1=O. The number of rotatable bonds is 3. The lowest BCUT2D eigenvalue weighted by Gasteiger charge is -2.40. The number of ether oxygens (including phenoxy) is 1. The summed E-state index contributed by atoms with van der Waals surface area (Å²) in [7, 11) is 0. The smallest absolute Gasteiger partial charge is 0.264 e. The standard InChI is InChI=1S/C22H21ClF2O3/c1-21(2)18(26)17(19(27)22(3,4)28-21)16-11-13(7-10-15(16)20(24)25)12-5-8-14(23)9-6-12/h5-11,20,26H,1-4H3. The van der Waals surface area contributed by atoms with Crippen LogP contribution >= 0.6 is 11.6 Å². The number of halogens is 3. The number of benzene rings is 2. The van der Waals surface area contributed by atoms with E-state index in [0.29, 0.717) is 10.6 Å². The van der Waals surface area contributed by atoms with Crippen LogP contribution in [0.3, 0.4) is 0 Å². The van der Waals surface area contributed by atoms with E-state index in [4.69, 9.17) is 16.3 Å². The van der Waals surface area contributed by atoms with Crippen molar-refractivity contribution in [3.8, 4) is 11.1 Å². The molecule has 148 valence electrons. The zero-order valence-corrected chi connectivity index (χ0v) is 16.8. The third-order valence-electron chi connectivity index (χ3n) is 4.83. The molecule has 0 amide bonds. The third kappa shape index (κ3) is 3.56. The van der Waals surface area contributed by atoms with Gasteiger partial charge in [-0.25, -0.2) is 8.78 Å². The molecule has 0 spiro atoms. The van der Waals surface area contributed by atoms with Crippen LogP contribution in [0.15, 0.2) is 48.2 Å². The normalized spacial score (nSPS) is 18.6. The van der Waals surface area contributed by atoms with Crippen molar-refractivity contribution in [1.82, 2.24) is 0 Å². The van der Waals surface area contributed by atoms with Crippen molar-refractivity contribution in [3.05, 3.63) is 64.4 Å². The number of carbonyl (C=O) groups is 1. The molecule has 0 unspecified atom stereocenters. The van der Waals surface area contributed by atoms with E-state index in [1.165, 1.54) is 12.1 Å². The molecule has 0 fully saturated rings. The molecule has 1 N–H and O–H groups in total. The second-order valence-corrected chi connectivity index (χ2v) is 8.22. The first-order valence-electron chi connectivity index (χ1n) is 8.81. The van der Waals surface area contributed by atoms with Crippen LogP contribution in [0, 0.1) is 0 Å². The first-order chi connectivity index (χ1) is 12.9. The number of ketones is 1. The Morgan fingerprint density at radius 3 is 2.11 bits per heavy atom. The lowest BCUT2D eigenvalue weighted by Crippen LogP contribution is -2.49. The highest BCUT2D eigenvalue weighted by atomic mass is 35.5. The summed E-state index contributed by atoms with van der Waals surface area (Å²) < 4.78 is 33.2. The fourth-order valence-electron chi connectivity index (χ4n) is 3.48. The van der Waals surface area contributed by atoms with E-state index in [1.807, 2.05) is 0 Å². The number of aliphatic hydroxyl groups excluding tert-OH is 1. The van der Waals surface area contributed by atoms with Gasteiger partial charge in [-0.15, -0.1) is 0 Å². The number of hydrogen-bond donors (Lipinski definition) is 1. The molecule has 3 rings (SSSR count). The summed E-state index contributed by atoms with van der Waals surface area (Å²) in [6.07, 6.45) is -2.81. The Kier molecular flexibility index (Phi) is 5.11. The zero-order chi connectivity index (χ0) is 20.9. The summed E-state index contributed by atoms with van der Waals surface area (Å²) in [5, 5.41) is 11.3. The third-order valence-corrected chi connectivity index (χ3v) is 5.08. The Labute approximate surface area is 167 Å². The quantitative estimate of drug-likeness (QED) is 0.644. The molecule has 0 radical (unpaired) electrons. The van der Waals surface area contributed by atoms with Gasteiger partial charge >= 0.3 is 0 Å². The van der Waals surface area contributed by atoms with E-state index in [9.17, 15) is 18.7 Å². The molecule has 28 heavy (non-hydrogen) atoms. The Bertz CT molecular complexity index is 960. The average Bonchev–Trinajstić information content (AvgIpc) is 2.60. The molecule has 3 nitrogen and oxygen atoms in total. The summed E-state index contributed by atoms with van der Waals surface area (Å²) >= 11 is 5.92. The molecule has 1 aliphatic heterocycles. The molecule has 1 heterocycles. The number of Topliss-reactive ketones (excluding diaryl/α,β-unsaturated/α-hetero) is 1. The van der Waals surface area contributed by atoms with Gasteiger partial charge in [0.2, 0.25) is 0 Å². The lowest BCUT2D eigenvalue weighted by atomic mass is 9.81. The molecule has 0 aromatic heterocycles. The minimum atomic E-state index is -2.81. The number of aliphatic hydroxyl groups is 1. The largest absolute Gasteiger partial charge is 0.508 e. The van der Waals surface area contributed by atoms with Gasteiger partial charge in [0, 0.05) is 10.6 Å². The van der Waals surface area contributed by atoms with Gasteiger partial charge in [0.05, 0.1) is 5.57 Å². The predicted molar refractivity (Wildman–Crippen MR) is 106 cm³/mol. The van der Waals surface area contributed by atoms with Gasteiger partial charge in [-0.05, 0) is 62.6 Å². The molecule has 0 atom stereocenters. The molecular formula is C22H21ClF2O3. The highest BCUT2D eigenvalue weighted by Gasteiger charge is 2.47. The monoisotopic (exact) mass is 406 g/mol. The second kappa shape index (κ2) is 6.98. The van der Waals surface area contributed by atoms with Crippen molar-refractivity contribution in [3.63, 3.8) is 0 Å². The average molecular weight is 407 g/mol. The number of hydrogen-bond acceptors (Lipinski definition) is 3. The Morgan fingerprint density at radius 1 is 0.964 bits per heavy atom. The maximum absolute atomic E-state index is 13.7. The van der Waals surface area contributed by atoms with Crippen LogP contribution in [-0.4, -0.2) is 22.1 Å². The lowest BCUT2D eigenvalue weighted by molar-refractivity contribution is -0.158. The summed E-state index contributed by atoms with van der Waals surface area (Å²) in [5.74, 6) is -0.897. The van der Waals surface area contributed by atoms with Crippen molar-refractivity contribution in [2.45, 2.75) is 45.3 Å². The fourth-order valence-corrected chi connectivity index (χ4v) is 3.60. The van der Waals surface area contributed by atoms with Gasteiger partial charge < -0.3 is 9.84 Å². The van der Waals surface area contributed by atoms with Crippen LogP contribution in [0.4, 0.5) is 8.78 Å². The first kappa shape index (κ1) is 20.5. The minimum Gasteiger partial charge on any atom is -0.508 e. The van der Waals surface area contributed by atoms with Gasteiger partial charge in [-0.2, -0.15) is 0 Å². The number of alkyl halides is 2. The van der Waals surface area contributed by atoms with Gasteiger partial charge in [0.25, 0.3) is 6.43 Å². The summed E-state index contributed by atoms with van der Waals surface area (Å²) in [6.45, 7) is 6.33. The Balaban J connectivity index is 2.28. The molecule has 6 heteroatoms. The van der Waals surface area contributed by atoms with E-state index >= 15 is 0 Å². The van der Waals surface area contributed by atoms with Crippen LogP contribution in [0.2, 0.25) is 5.02 Å². The van der Waals surface area contributed by atoms with Crippen molar-refractivity contribution in [2.75, 3.05) is 0 Å². The van der Waals surface area contributed by atoms with E-state index in [-0.39, 0.29) is 22.5 Å². The van der Waals surface area contributed by atoms with Gasteiger partial charge in [-0.3, -0.25) is 4.79 Å². The zero-order valence-electron chi connectivity index (χ0n) is 16.0. The Hall–Kier alpha value is -2.24. The summed E-state index contributed by atoms with van der Waals surface area (Å²) in [6, 6.07) is 11.3. The van der Waals surface area contributed by atoms with Crippen molar-refractivity contribution in [2.24, 2.45) is 0 Å². The van der Waals surface area contributed by atoms with Crippen LogP contribution in [0.1, 0.15) is 45.2 Å². The molecule has 2 aromatic rings. The van der Waals surface area contributed by atoms with Crippen molar-refractivity contribution >= 4 is 23.0 Å². The predicted octanol–water partition coefficient (Wildman–Crippen LogP) is 6.37. The van der Waals surface area contributed by atoms with Crippen LogP contribution in [-0.2, 0) is 9.53 Å². The Morgan fingerprint density at radius 2 is 1.54 bits per heavy atom. The van der Waals surface area contributed by atoms with Gasteiger partial charge in [-0.1, -0.05) is 35.9 Å². The molecular weight excluding hydrogens is 386 g/mol. The van der Waals surface area contributed by atoms with E-state index in [1.54, 1.807) is 58.0 Å². The van der Waals surface area contributed by atoms with E-state index < -0.39 is 23.4 Å². The van der Waals surface area contributed by atoms with Gasteiger partial charge in [0.15, 0.2) is 5.78 Å². The maximum Gasteiger partial charge on any atom is 0.264 e. The molecule has 0 saturated heterocycles. The highest BCUT2D eigenvalue weighted by Crippen LogP contribution is 2.43. The van der Waals surface area contributed by atoms with Crippen molar-refractivity contribution < 1.29 is 23.4 Å². The van der Waals surface area contributed by atoms with Crippen LogP contribution < -0.4 is 0 Å². The second-order valence-electron chi connectivity index (χ2n) is 7.79. The van der Waals surface area contributed by atoms with E-state index in [2.05, 4.69) is 0 Å². The molecule has 0 bridgehead atoms. The molecule has 1 aliphatic rings. The first-order valence-corrected chi connectivity index (χ1v) is 9.19. The fraction of sp³-hybridized carbons (Fsp3) is 0.318. The molecule has 0 aliphatic carbocycles.